The van der Waals surface area contributed by atoms with Crippen LogP contribution < -0.4 is 5.84 Å². The third kappa shape index (κ3) is 1.61. The molecule has 23 heavy (non-hydrogen) atoms. The van der Waals surface area contributed by atoms with Crippen molar-refractivity contribution < 1.29 is 0 Å². The summed E-state index contributed by atoms with van der Waals surface area (Å²) in [6.07, 6.45) is 1.72. The summed E-state index contributed by atoms with van der Waals surface area (Å²) in [6.45, 7) is 0. The maximum Gasteiger partial charge on any atom is 0.0538 e. The highest BCUT2D eigenvalue weighted by Crippen LogP contribution is 2.55. The standard InChI is InChI=1S/C21H16N2/c22-23-12-13-9-10-18-19(11-13)21-16-7-3-1-5-14(16)20(18)15-6-2-4-8-17(15)21/h1-12,20-21H,22H2. The van der Waals surface area contributed by atoms with Crippen molar-refractivity contribution in [2.45, 2.75) is 11.8 Å². The molecule has 3 aromatic rings. The van der Waals surface area contributed by atoms with Crippen molar-refractivity contribution in [3.05, 3.63) is 106 Å². The highest BCUT2D eigenvalue weighted by atomic mass is 15.1. The summed E-state index contributed by atoms with van der Waals surface area (Å²) in [5.74, 6) is 5.99. The normalized spacial score (nSPS) is 20.2. The predicted octanol–water partition coefficient (Wildman–Crippen LogP) is 3.97. The molecule has 2 bridgehead atoms. The van der Waals surface area contributed by atoms with Gasteiger partial charge in [0.15, 0.2) is 0 Å². The van der Waals surface area contributed by atoms with Crippen LogP contribution in [0.1, 0.15) is 50.8 Å². The fourth-order valence-corrected chi connectivity index (χ4v) is 4.35. The van der Waals surface area contributed by atoms with Gasteiger partial charge in [0.2, 0.25) is 0 Å². The molecule has 0 saturated carbocycles. The minimum atomic E-state index is 0.313. The van der Waals surface area contributed by atoms with Crippen molar-refractivity contribution in [2.75, 3.05) is 0 Å². The molecular weight excluding hydrogens is 280 g/mol. The molecule has 3 aliphatic rings. The number of hydrogen-bond acceptors (Lipinski definition) is 2. The van der Waals surface area contributed by atoms with E-state index >= 15 is 0 Å². The molecule has 2 heteroatoms. The zero-order chi connectivity index (χ0) is 15.4. The van der Waals surface area contributed by atoms with E-state index in [1.54, 1.807) is 6.21 Å². The van der Waals surface area contributed by atoms with Crippen molar-refractivity contribution >= 4 is 6.21 Å². The third-order valence-corrected chi connectivity index (χ3v) is 5.19. The third-order valence-electron chi connectivity index (χ3n) is 5.19. The molecule has 3 aliphatic carbocycles. The van der Waals surface area contributed by atoms with Gasteiger partial charge in [-0.2, -0.15) is 5.10 Å². The Kier molecular flexibility index (Phi) is 2.51. The Balaban J connectivity index is 1.84. The smallest absolute Gasteiger partial charge is 0.0538 e. The number of rotatable bonds is 1. The van der Waals surface area contributed by atoms with Gasteiger partial charge >= 0.3 is 0 Å². The van der Waals surface area contributed by atoms with Gasteiger partial charge in [-0.1, -0.05) is 60.7 Å². The first kappa shape index (κ1) is 12.7. The minimum absolute atomic E-state index is 0.313. The largest absolute Gasteiger partial charge is 0.323 e. The molecule has 0 radical (unpaired) electrons. The maximum absolute atomic E-state index is 5.34. The van der Waals surface area contributed by atoms with Crippen LogP contribution in [0.25, 0.3) is 0 Å². The molecule has 110 valence electrons. The van der Waals surface area contributed by atoms with Gasteiger partial charge in [0.1, 0.15) is 0 Å². The molecule has 2 nitrogen and oxygen atoms in total. The summed E-state index contributed by atoms with van der Waals surface area (Å²) < 4.78 is 0. The Labute approximate surface area is 135 Å². The summed E-state index contributed by atoms with van der Waals surface area (Å²) in [6, 6.07) is 24.3. The second-order valence-corrected chi connectivity index (χ2v) is 6.29. The Morgan fingerprint density at radius 2 is 1.13 bits per heavy atom. The molecule has 3 aromatic carbocycles. The molecule has 0 spiro atoms. The van der Waals surface area contributed by atoms with Crippen LogP contribution in [0.2, 0.25) is 0 Å². The lowest BCUT2D eigenvalue weighted by molar-refractivity contribution is 0.754. The molecular formula is C21H16N2. The van der Waals surface area contributed by atoms with E-state index in [-0.39, 0.29) is 0 Å². The van der Waals surface area contributed by atoms with E-state index in [1.165, 1.54) is 33.4 Å². The fraction of sp³-hybridized carbons (Fsp3) is 0.0952. The number of hydrogen-bond donors (Lipinski definition) is 1. The molecule has 2 N–H and O–H groups in total. The average Bonchev–Trinajstić information content (AvgIpc) is 2.61. The van der Waals surface area contributed by atoms with E-state index in [4.69, 9.17) is 5.84 Å². The quantitative estimate of drug-likeness (QED) is 0.284. The molecule has 0 unspecified atom stereocenters. The monoisotopic (exact) mass is 296 g/mol. The lowest BCUT2D eigenvalue weighted by Crippen LogP contribution is -2.27. The number of hydrazone groups is 1. The highest BCUT2D eigenvalue weighted by molar-refractivity contribution is 5.81. The van der Waals surface area contributed by atoms with Gasteiger partial charge in [0, 0.05) is 11.8 Å². The predicted molar refractivity (Wildman–Crippen MR) is 93.0 cm³/mol. The van der Waals surface area contributed by atoms with Crippen molar-refractivity contribution in [3.8, 4) is 0 Å². The van der Waals surface area contributed by atoms with Gasteiger partial charge in [-0.15, -0.1) is 0 Å². The van der Waals surface area contributed by atoms with E-state index < -0.39 is 0 Å². The van der Waals surface area contributed by atoms with Crippen LogP contribution in [0.4, 0.5) is 0 Å². The van der Waals surface area contributed by atoms with E-state index in [9.17, 15) is 0 Å². The SMILES string of the molecule is NN=Cc1ccc2c(c1)C1c3ccccc3C2c2ccccc21. The van der Waals surface area contributed by atoms with Crippen molar-refractivity contribution in [3.63, 3.8) is 0 Å². The first-order chi connectivity index (χ1) is 11.4. The Morgan fingerprint density at radius 3 is 1.65 bits per heavy atom. The Bertz CT molecular complexity index is 908. The summed E-state index contributed by atoms with van der Waals surface area (Å²) in [7, 11) is 0. The maximum atomic E-state index is 5.34. The van der Waals surface area contributed by atoms with Crippen LogP contribution >= 0.6 is 0 Å². The summed E-state index contributed by atoms with van der Waals surface area (Å²) in [4.78, 5) is 0. The molecule has 0 heterocycles. The molecule has 0 aliphatic heterocycles. The first-order valence-corrected chi connectivity index (χ1v) is 7.93. The summed E-state index contributed by atoms with van der Waals surface area (Å²) in [5.41, 5.74) is 9.64. The Hall–Kier alpha value is -2.87. The minimum Gasteiger partial charge on any atom is -0.323 e. The second kappa shape index (κ2) is 4.56. The summed E-state index contributed by atoms with van der Waals surface area (Å²) in [5, 5.41) is 3.68. The molecule has 0 saturated heterocycles. The Morgan fingerprint density at radius 1 is 0.652 bits per heavy atom. The van der Waals surface area contributed by atoms with E-state index in [2.05, 4.69) is 71.8 Å². The topological polar surface area (TPSA) is 38.4 Å². The van der Waals surface area contributed by atoms with Gasteiger partial charge in [-0.05, 0) is 45.0 Å². The average molecular weight is 296 g/mol. The van der Waals surface area contributed by atoms with Crippen LogP contribution in [0, 0.1) is 0 Å². The molecule has 0 aromatic heterocycles. The van der Waals surface area contributed by atoms with Crippen molar-refractivity contribution in [2.24, 2.45) is 10.9 Å². The lowest BCUT2D eigenvalue weighted by Gasteiger charge is -2.42. The second-order valence-electron chi connectivity index (χ2n) is 6.29. The summed E-state index contributed by atoms with van der Waals surface area (Å²) >= 11 is 0. The van der Waals surface area contributed by atoms with Crippen LogP contribution in [-0.2, 0) is 0 Å². The number of nitrogens with two attached hydrogens (primary N) is 1. The number of benzene rings is 3. The molecule has 0 amide bonds. The van der Waals surface area contributed by atoms with E-state index in [0.717, 1.165) is 5.56 Å². The molecule has 0 atom stereocenters. The van der Waals surface area contributed by atoms with E-state index in [1.807, 2.05) is 0 Å². The molecule has 0 fully saturated rings. The van der Waals surface area contributed by atoms with Gasteiger partial charge in [-0.25, -0.2) is 0 Å². The van der Waals surface area contributed by atoms with Crippen LogP contribution in [0.15, 0.2) is 71.8 Å². The number of nitrogens with zero attached hydrogens (tertiary/aromatic N) is 1. The van der Waals surface area contributed by atoms with E-state index in [0.29, 0.717) is 11.8 Å². The van der Waals surface area contributed by atoms with Crippen molar-refractivity contribution in [1.82, 2.24) is 0 Å². The van der Waals surface area contributed by atoms with Gasteiger partial charge < -0.3 is 5.84 Å². The van der Waals surface area contributed by atoms with Crippen LogP contribution in [-0.4, -0.2) is 6.21 Å². The van der Waals surface area contributed by atoms with Gasteiger partial charge in [0.05, 0.1) is 6.21 Å². The lowest BCUT2D eigenvalue weighted by atomic mass is 9.61. The fourth-order valence-electron chi connectivity index (χ4n) is 4.35. The van der Waals surface area contributed by atoms with Gasteiger partial charge in [-0.3, -0.25) is 0 Å². The zero-order valence-corrected chi connectivity index (χ0v) is 12.6. The zero-order valence-electron chi connectivity index (χ0n) is 12.6. The van der Waals surface area contributed by atoms with Crippen LogP contribution in [0.5, 0.6) is 0 Å². The van der Waals surface area contributed by atoms with Crippen LogP contribution in [0.3, 0.4) is 0 Å². The first-order valence-electron chi connectivity index (χ1n) is 7.93. The van der Waals surface area contributed by atoms with Crippen molar-refractivity contribution in [1.29, 1.82) is 0 Å². The highest BCUT2D eigenvalue weighted by Gasteiger charge is 2.40. The van der Waals surface area contributed by atoms with Gasteiger partial charge in [0.25, 0.3) is 0 Å². The molecule has 6 rings (SSSR count).